The first kappa shape index (κ1) is 41.6. The van der Waals surface area contributed by atoms with Gasteiger partial charge in [-0.15, -0.1) is 0 Å². The predicted octanol–water partition coefficient (Wildman–Crippen LogP) is 2.50. The molecule has 2 heterocycles. The van der Waals surface area contributed by atoms with Gasteiger partial charge >= 0.3 is 0 Å². The molecule has 4 amide bonds. The lowest BCUT2D eigenvalue weighted by Gasteiger charge is -2.32. The molecule has 290 valence electrons. The Morgan fingerprint density at radius 2 is 1.17 bits per heavy atom. The summed E-state index contributed by atoms with van der Waals surface area (Å²) in [5.41, 5.74) is 0.932. The number of piperazine rings is 1. The maximum atomic E-state index is 14.1. The number of carbonyl (C=O) groups excluding carboxylic acids is 5. The van der Waals surface area contributed by atoms with Crippen LogP contribution in [0.5, 0.6) is 0 Å². The minimum Gasteiger partial charge on any atom is -0.361 e. The lowest BCUT2D eigenvalue weighted by Crippen LogP contribution is -2.59. The second kappa shape index (κ2) is 19.8. The number of benzene rings is 2. The van der Waals surface area contributed by atoms with Gasteiger partial charge in [0.1, 0.15) is 23.7 Å². The van der Waals surface area contributed by atoms with Gasteiger partial charge in [-0.05, 0) is 62.6 Å². The molecule has 2 aliphatic heterocycles. The molecular formula is C41H60N6O6. The van der Waals surface area contributed by atoms with Gasteiger partial charge in [-0.2, -0.15) is 0 Å². The topological polar surface area (TPSA) is 152 Å². The van der Waals surface area contributed by atoms with Gasteiger partial charge in [0, 0.05) is 32.6 Å². The van der Waals surface area contributed by atoms with E-state index < -0.39 is 47.5 Å². The van der Waals surface area contributed by atoms with Crippen LogP contribution in [0.15, 0.2) is 60.7 Å². The third-order valence-corrected chi connectivity index (χ3v) is 9.87. The summed E-state index contributed by atoms with van der Waals surface area (Å²) in [6.07, 6.45) is 1.80. The van der Waals surface area contributed by atoms with Gasteiger partial charge in [-0.25, -0.2) is 0 Å². The van der Waals surface area contributed by atoms with Crippen LogP contribution in [0.3, 0.4) is 0 Å². The number of rotatable bonds is 20. The van der Waals surface area contributed by atoms with Crippen molar-refractivity contribution < 1.29 is 28.7 Å². The first-order chi connectivity index (χ1) is 25.2. The molecule has 2 unspecified atom stereocenters. The van der Waals surface area contributed by atoms with Crippen molar-refractivity contribution in [3.05, 3.63) is 71.8 Å². The molecule has 2 fully saturated rings. The van der Waals surface area contributed by atoms with Crippen molar-refractivity contribution in [2.24, 2.45) is 11.8 Å². The lowest BCUT2D eigenvalue weighted by atomic mass is 9.93. The summed E-state index contributed by atoms with van der Waals surface area (Å²) in [7, 11) is 2.05. The average Bonchev–Trinajstić information content (AvgIpc) is 3.88. The summed E-state index contributed by atoms with van der Waals surface area (Å²) in [5, 5.41) is 11.7. The van der Waals surface area contributed by atoms with E-state index in [0.717, 1.165) is 37.3 Å². The summed E-state index contributed by atoms with van der Waals surface area (Å²) in [6.45, 7) is 13.3. The molecule has 0 spiro atoms. The SMILES string of the molecule is CC(C)CC(NC(=O)[C@H](Cc1ccccc1)NC(=O)[C@H](CC(C)C)NC(=O)[C@H](CCc1ccccc1)NC(=O)CN1CCN(C)CC1)C(=O)C1(C)CO1. The van der Waals surface area contributed by atoms with Crippen molar-refractivity contribution in [2.75, 3.05) is 46.4 Å². The standard InChI is InChI=1S/C41H60N6O6/c1-28(2)23-33(37(49)41(5)27-53-41)43-40(52)35(25-31-15-11-8-12-16-31)45-39(51)34(24-29(3)4)44-38(50)32(18-17-30-13-9-7-10-14-30)42-36(48)26-47-21-19-46(6)20-22-47/h7-16,28-29,32-35H,17-27H2,1-6H3,(H,42,48)(H,43,52)(H,44,50)(H,45,51)/t32-,33?,34-,35-,41?/m0/s1. The first-order valence-corrected chi connectivity index (χ1v) is 19.1. The summed E-state index contributed by atoms with van der Waals surface area (Å²) >= 11 is 0. The Kier molecular flexibility index (Phi) is 15.6. The quantitative estimate of drug-likeness (QED) is 0.152. The van der Waals surface area contributed by atoms with Crippen LogP contribution in [0.4, 0.5) is 0 Å². The highest BCUT2D eigenvalue weighted by Crippen LogP contribution is 2.29. The van der Waals surface area contributed by atoms with Crippen LogP contribution in [0, 0.1) is 11.8 Å². The van der Waals surface area contributed by atoms with Crippen LogP contribution in [-0.2, 0) is 41.6 Å². The predicted molar refractivity (Wildman–Crippen MR) is 205 cm³/mol. The van der Waals surface area contributed by atoms with Crippen LogP contribution >= 0.6 is 0 Å². The zero-order chi connectivity index (χ0) is 38.5. The van der Waals surface area contributed by atoms with Crippen LogP contribution in [-0.4, -0.2) is 115 Å². The van der Waals surface area contributed by atoms with E-state index in [2.05, 4.69) is 38.1 Å². The molecule has 2 saturated heterocycles. The maximum Gasteiger partial charge on any atom is 0.243 e. The lowest BCUT2D eigenvalue weighted by molar-refractivity contribution is -0.135. The largest absolute Gasteiger partial charge is 0.361 e. The van der Waals surface area contributed by atoms with E-state index in [0.29, 0.717) is 32.3 Å². The van der Waals surface area contributed by atoms with E-state index in [1.54, 1.807) is 6.92 Å². The van der Waals surface area contributed by atoms with Crippen molar-refractivity contribution >= 4 is 29.4 Å². The Balaban J connectivity index is 1.51. The molecule has 0 bridgehead atoms. The molecule has 2 aromatic carbocycles. The van der Waals surface area contributed by atoms with Crippen LogP contribution in [0.1, 0.15) is 65.0 Å². The summed E-state index contributed by atoms with van der Waals surface area (Å²) in [6, 6.07) is 15.4. The first-order valence-electron chi connectivity index (χ1n) is 19.1. The minimum absolute atomic E-state index is 0.0226. The second-order valence-electron chi connectivity index (χ2n) is 15.7. The van der Waals surface area contributed by atoms with Gasteiger partial charge in [-0.3, -0.25) is 28.9 Å². The van der Waals surface area contributed by atoms with Gasteiger partial charge in [0.2, 0.25) is 23.6 Å². The Bertz CT molecular complexity index is 1510. The molecule has 2 aliphatic rings. The highest BCUT2D eigenvalue weighted by Gasteiger charge is 2.50. The van der Waals surface area contributed by atoms with E-state index in [-0.39, 0.29) is 36.5 Å². The van der Waals surface area contributed by atoms with Crippen molar-refractivity contribution in [3.63, 3.8) is 0 Å². The maximum absolute atomic E-state index is 14.1. The van der Waals surface area contributed by atoms with E-state index in [1.165, 1.54) is 0 Å². The number of amides is 4. The third-order valence-electron chi connectivity index (χ3n) is 9.87. The highest BCUT2D eigenvalue weighted by atomic mass is 16.6. The van der Waals surface area contributed by atoms with E-state index in [4.69, 9.17) is 4.74 Å². The number of ether oxygens (including phenoxy) is 1. The molecule has 5 atom stereocenters. The van der Waals surface area contributed by atoms with Gasteiger partial charge < -0.3 is 30.9 Å². The highest BCUT2D eigenvalue weighted by molar-refractivity contribution is 5.98. The van der Waals surface area contributed by atoms with E-state index in [1.807, 2.05) is 88.4 Å². The molecule has 12 heteroatoms. The van der Waals surface area contributed by atoms with Gasteiger partial charge in [0.05, 0.1) is 19.2 Å². The van der Waals surface area contributed by atoms with Crippen LogP contribution in [0.25, 0.3) is 0 Å². The van der Waals surface area contributed by atoms with Crippen LogP contribution in [0.2, 0.25) is 0 Å². The smallest absolute Gasteiger partial charge is 0.243 e. The van der Waals surface area contributed by atoms with E-state index in [9.17, 15) is 24.0 Å². The molecule has 0 aliphatic carbocycles. The molecule has 4 N–H and O–H groups in total. The summed E-state index contributed by atoms with van der Waals surface area (Å²) in [4.78, 5) is 73.0. The number of ketones is 1. The number of carbonyl (C=O) groups is 5. The van der Waals surface area contributed by atoms with Crippen molar-refractivity contribution in [1.82, 2.24) is 31.1 Å². The fraction of sp³-hybridized carbons (Fsp3) is 0.585. The molecule has 53 heavy (non-hydrogen) atoms. The number of Topliss-reactive ketones (excluding diaryl/α,β-unsaturated/α-hetero) is 1. The fourth-order valence-electron chi connectivity index (χ4n) is 6.57. The van der Waals surface area contributed by atoms with Crippen molar-refractivity contribution in [1.29, 1.82) is 0 Å². The Hall–Kier alpha value is -4.13. The number of nitrogens with one attached hydrogen (secondary N) is 4. The Morgan fingerprint density at radius 1 is 0.679 bits per heavy atom. The van der Waals surface area contributed by atoms with Gasteiger partial charge in [-0.1, -0.05) is 88.4 Å². The number of epoxide rings is 1. The average molecular weight is 733 g/mol. The molecule has 0 saturated carbocycles. The number of aryl methyl sites for hydroxylation is 1. The summed E-state index contributed by atoms with van der Waals surface area (Å²) < 4.78 is 5.41. The summed E-state index contributed by atoms with van der Waals surface area (Å²) in [5.74, 6) is -1.76. The molecule has 2 aromatic rings. The Labute approximate surface area is 315 Å². The number of likely N-dealkylation sites (N-methyl/N-ethyl adjacent to an activating group) is 1. The fourth-order valence-corrected chi connectivity index (χ4v) is 6.57. The molecule has 4 rings (SSSR count). The Morgan fingerprint density at radius 3 is 1.74 bits per heavy atom. The normalized spacial score (nSPS) is 19.8. The monoisotopic (exact) mass is 732 g/mol. The molecule has 0 aromatic heterocycles. The molecule has 0 radical (unpaired) electrons. The number of hydrogen-bond acceptors (Lipinski definition) is 8. The van der Waals surface area contributed by atoms with Gasteiger partial charge in [0.25, 0.3) is 0 Å². The van der Waals surface area contributed by atoms with E-state index >= 15 is 0 Å². The van der Waals surface area contributed by atoms with Gasteiger partial charge in [0.15, 0.2) is 5.78 Å². The zero-order valence-corrected chi connectivity index (χ0v) is 32.4. The second-order valence-corrected chi connectivity index (χ2v) is 15.7. The zero-order valence-electron chi connectivity index (χ0n) is 32.4. The van der Waals surface area contributed by atoms with Crippen molar-refractivity contribution in [3.8, 4) is 0 Å². The minimum atomic E-state index is -1.02. The third kappa shape index (κ3) is 13.7. The number of nitrogens with zero attached hydrogens (tertiary/aromatic N) is 2. The van der Waals surface area contributed by atoms with Crippen molar-refractivity contribution in [2.45, 2.75) is 96.5 Å². The molecular weight excluding hydrogens is 672 g/mol. The van der Waals surface area contributed by atoms with Crippen LogP contribution < -0.4 is 21.3 Å². The molecule has 12 nitrogen and oxygen atoms in total. The number of hydrogen-bond donors (Lipinski definition) is 4.